The minimum Gasteiger partial charge on any atom is -0.379 e. The van der Waals surface area contributed by atoms with Gasteiger partial charge < -0.3 is 5.32 Å². The quantitative estimate of drug-likeness (QED) is 0.859. The summed E-state index contributed by atoms with van der Waals surface area (Å²) >= 11 is 0. The van der Waals surface area contributed by atoms with Crippen molar-refractivity contribution in [3.63, 3.8) is 0 Å². The maximum absolute atomic E-state index is 12.9. The average Bonchev–Trinajstić information content (AvgIpc) is 2.63. The van der Waals surface area contributed by atoms with Gasteiger partial charge in [0.25, 0.3) is 0 Å². The highest BCUT2D eigenvalue weighted by Crippen LogP contribution is 2.16. The lowest BCUT2D eigenvalue weighted by Gasteiger charge is -2.09. The number of rotatable bonds is 3. The number of nitrogens with one attached hydrogen (secondary N) is 1. The van der Waals surface area contributed by atoms with Gasteiger partial charge in [0, 0.05) is 18.9 Å². The van der Waals surface area contributed by atoms with Gasteiger partial charge in [0.15, 0.2) is 0 Å². The van der Waals surface area contributed by atoms with Gasteiger partial charge in [-0.25, -0.2) is 4.39 Å². The summed E-state index contributed by atoms with van der Waals surface area (Å²) in [5.41, 5.74) is 2.94. The third-order valence-corrected chi connectivity index (χ3v) is 2.57. The Bertz CT molecular complexity index is 491. The average molecular weight is 219 g/mol. The summed E-state index contributed by atoms with van der Waals surface area (Å²) in [5, 5.41) is 7.34. The number of hydrogen-bond donors (Lipinski definition) is 1. The molecule has 1 heterocycles. The van der Waals surface area contributed by atoms with Crippen molar-refractivity contribution >= 4 is 5.69 Å². The van der Waals surface area contributed by atoms with Crippen LogP contribution in [0.15, 0.2) is 30.5 Å². The van der Waals surface area contributed by atoms with Crippen LogP contribution in [0.25, 0.3) is 0 Å². The van der Waals surface area contributed by atoms with Crippen LogP contribution in [0.3, 0.4) is 0 Å². The van der Waals surface area contributed by atoms with Crippen molar-refractivity contribution in [1.29, 1.82) is 0 Å². The predicted octanol–water partition coefficient (Wildman–Crippen LogP) is 2.48. The first-order valence-corrected chi connectivity index (χ1v) is 5.14. The Hall–Kier alpha value is -1.84. The van der Waals surface area contributed by atoms with E-state index in [2.05, 4.69) is 10.4 Å². The van der Waals surface area contributed by atoms with E-state index >= 15 is 0 Å². The number of hydrogen-bond acceptors (Lipinski definition) is 2. The van der Waals surface area contributed by atoms with Crippen LogP contribution in [-0.4, -0.2) is 9.78 Å². The van der Waals surface area contributed by atoms with Crippen molar-refractivity contribution in [2.75, 3.05) is 5.32 Å². The molecule has 0 spiro atoms. The summed E-state index contributed by atoms with van der Waals surface area (Å²) in [6.07, 6.45) is 1.76. The summed E-state index contributed by atoms with van der Waals surface area (Å²) in [6.45, 7) is 2.57. The highest BCUT2D eigenvalue weighted by molar-refractivity contribution is 5.50. The van der Waals surface area contributed by atoms with Crippen molar-refractivity contribution < 1.29 is 4.39 Å². The van der Waals surface area contributed by atoms with Gasteiger partial charge in [0.1, 0.15) is 5.82 Å². The highest BCUT2D eigenvalue weighted by Gasteiger charge is 2.01. The standard InChI is InChI=1S/C12H14FN3/c1-9-7-10(13)3-4-12(9)14-8-11-5-6-15-16(11)2/h3-7,14H,8H2,1-2H3. The lowest BCUT2D eigenvalue weighted by atomic mass is 10.2. The number of halogens is 1. The zero-order valence-electron chi connectivity index (χ0n) is 9.37. The number of aromatic nitrogens is 2. The monoisotopic (exact) mass is 219 g/mol. The number of benzene rings is 1. The fourth-order valence-corrected chi connectivity index (χ4v) is 1.59. The molecular formula is C12H14FN3. The second kappa shape index (κ2) is 4.35. The Balaban J connectivity index is 2.08. The molecule has 0 atom stereocenters. The Labute approximate surface area is 93.9 Å². The maximum atomic E-state index is 12.9. The van der Waals surface area contributed by atoms with Gasteiger partial charge in [0.05, 0.1) is 12.2 Å². The molecule has 0 aliphatic carbocycles. The molecule has 84 valence electrons. The van der Waals surface area contributed by atoms with E-state index < -0.39 is 0 Å². The van der Waals surface area contributed by atoms with E-state index in [1.807, 2.05) is 24.7 Å². The van der Waals surface area contributed by atoms with Crippen LogP contribution in [0.1, 0.15) is 11.3 Å². The SMILES string of the molecule is Cc1cc(F)ccc1NCc1ccnn1C. The van der Waals surface area contributed by atoms with Crippen molar-refractivity contribution in [2.24, 2.45) is 7.05 Å². The summed E-state index contributed by atoms with van der Waals surface area (Å²) < 4.78 is 14.7. The van der Waals surface area contributed by atoms with Gasteiger partial charge in [-0.1, -0.05) is 0 Å². The zero-order valence-corrected chi connectivity index (χ0v) is 9.37. The second-order valence-corrected chi connectivity index (χ2v) is 3.76. The number of anilines is 1. The molecule has 1 N–H and O–H groups in total. The van der Waals surface area contributed by atoms with Gasteiger partial charge in [-0.2, -0.15) is 5.10 Å². The van der Waals surface area contributed by atoms with Gasteiger partial charge in [-0.05, 0) is 36.8 Å². The third kappa shape index (κ3) is 2.21. The van der Waals surface area contributed by atoms with Gasteiger partial charge in [0.2, 0.25) is 0 Å². The first-order valence-electron chi connectivity index (χ1n) is 5.14. The van der Waals surface area contributed by atoms with Gasteiger partial charge in [-0.3, -0.25) is 4.68 Å². The molecular weight excluding hydrogens is 205 g/mol. The van der Waals surface area contributed by atoms with Crippen LogP contribution in [0.2, 0.25) is 0 Å². The normalized spacial score (nSPS) is 10.4. The summed E-state index contributed by atoms with van der Waals surface area (Å²) in [4.78, 5) is 0. The Morgan fingerprint density at radius 2 is 2.19 bits per heavy atom. The molecule has 0 unspecified atom stereocenters. The molecule has 0 bridgehead atoms. The van der Waals surface area contributed by atoms with E-state index in [9.17, 15) is 4.39 Å². The van der Waals surface area contributed by atoms with Crippen LogP contribution in [-0.2, 0) is 13.6 Å². The Kier molecular flexibility index (Phi) is 2.90. The fraction of sp³-hybridized carbons (Fsp3) is 0.250. The van der Waals surface area contributed by atoms with Gasteiger partial charge >= 0.3 is 0 Å². The van der Waals surface area contributed by atoms with Crippen LogP contribution in [0.5, 0.6) is 0 Å². The molecule has 0 radical (unpaired) electrons. The summed E-state index contributed by atoms with van der Waals surface area (Å²) in [7, 11) is 1.90. The van der Waals surface area contributed by atoms with Gasteiger partial charge in [-0.15, -0.1) is 0 Å². The van der Waals surface area contributed by atoms with E-state index in [0.29, 0.717) is 6.54 Å². The smallest absolute Gasteiger partial charge is 0.123 e. The largest absolute Gasteiger partial charge is 0.379 e. The molecule has 2 rings (SSSR count). The minimum atomic E-state index is -0.205. The van der Waals surface area contributed by atoms with Crippen LogP contribution in [0, 0.1) is 12.7 Å². The third-order valence-electron chi connectivity index (χ3n) is 2.57. The Morgan fingerprint density at radius 3 is 2.81 bits per heavy atom. The highest BCUT2D eigenvalue weighted by atomic mass is 19.1. The van der Waals surface area contributed by atoms with E-state index in [1.54, 1.807) is 12.3 Å². The van der Waals surface area contributed by atoms with E-state index in [4.69, 9.17) is 0 Å². The topological polar surface area (TPSA) is 29.9 Å². The summed E-state index contributed by atoms with van der Waals surface area (Å²) in [5.74, 6) is -0.205. The molecule has 4 heteroatoms. The zero-order chi connectivity index (χ0) is 11.5. The predicted molar refractivity (Wildman–Crippen MR) is 61.7 cm³/mol. The van der Waals surface area contributed by atoms with Crippen LogP contribution >= 0.6 is 0 Å². The Morgan fingerprint density at radius 1 is 1.38 bits per heavy atom. The molecule has 1 aromatic heterocycles. The number of nitrogens with zero attached hydrogens (tertiary/aromatic N) is 2. The molecule has 16 heavy (non-hydrogen) atoms. The first kappa shape index (κ1) is 10.7. The van der Waals surface area contributed by atoms with Crippen molar-refractivity contribution in [2.45, 2.75) is 13.5 Å². The van der Waals surface area contributed by atoms with Crippen molar-refractivity contribution in [1.82, 2.24) is 9.78 Å². The molecule has 0 saturated carbocycles. The fourth-order valence-electron chi connectivity index (χ4n) is 1.59. The summed E-state index contributed by atoms with van der Waals surface area (Å²) in [6, 6.07) is 6.68. The molecule has 1 aromatic carbocycles. The van der Waals surface area contributed by atoms with Crippen molar-refractivity contribution in [3.8, 4) is 0 Å². The molecule has 0 saturated heterocycles. The molecule has 0 amide bonds. The van der Waals surface area contributed by atoms with Crippen molar-refractivity contribution in [3.05, 3.63) is 47.5 Å². The van der Waals surface area contributed by atoms with E-state index in [1.165, 1.54) is 12.1 Å². The lowest BCUT2D eigenvalue weighted by molar-refractivity contribution is 0.626. The maximum Gasteiger partial charge on any atom is 0.123 e. The lowest BCUT2D eigenvalue weighted by Crippen LogP contribution is -2.06. The minimum absolute atomic E-state index is 0.205. The molecule has 0 fully saturated rings. The van der Waals surface area contributed by atoms with E-state index in [-0.39, 0.29) is 5.82 Å². The molecule has 0 aliphatic heterocycles. The van der Waals surface area contributed by atoms with Crippen LogP contribution < -0.4 is 5.32 Å². The molecule has 3 nitrogen and oxygen atoms in total. The second-order valence-electron chi connectivity index (χ2n) is 3.76. The number of aryl methyl sites for hydroxylation is 2. The van der Waals surface area contributed by atoms with E-state index in [0.717, 1.165) is 16.9 Å². The molecule has 2 aromatic rings. The molecule has 0 aliphatic rings. The van der Waals surface area contributed by atoms with Crippen LogP contribution in [0.4, 0.5) is 10.1 Å². The first-order chi connectivity index (χ1) is 7.66.